The molecule has 0 unspecified atom stereocenters. The molecule has 2 aromatic carbocycles. The first kappa shape index (κ1) is 14.5. The number of carbonyl (C=O) groups is 1. The molecule has 0 fully saturated rings. The molecular weight excluding hydrogens is 325 g/mol. The van der Waals surface area contributed by atoms with Crippen LogP contribution in [0.25, 0.3) is 0 Å². The summed E-state index contributed by atoms with van der Waals surface area (Å²) in [6, 6.07) is 9.75. The number of halogens is 2. The highest BCUT2D eigenvalue weighted by molar-refractivity contribution is 9.10. The van der Waals surface area contributed by atoms with Gasteiger partial charge in [0.05, 0.1) is 18.4 Å². The number of carbonyl (C=O) groups excluding carboxylic acids is 1. The third-order valence-electron chi connectivity index (χ3n) is 2.80. The Bertz CT molecular complexity index is 638. The number of anilines is 1. The number of methoxy groups -OCH3 is 1. The monoisotopic (exact) mass is 337 g/mol. The maximum Gasteiger partial charge on any atom is 0.259 e. The minimum atomic E-state index is -0.581. The molecule has 2 rings (SSSR count). The highest BCUT2D eigenvalue weighted by Gasteiger charge is 2.17. The predicted octanol–water partition coefficient (Wildman–Crippen LogP) is 4.16. The maximum atomic E-state index is 13.7. The van der Waals surface area contributed by atoms with Crippen molar-refractivity contribution in [3.63, 3.8) is 0 Å². The van der Waals surface area contributed by atoms with Crippen LogP contribution < -0.4 is 10.1 Å². The van der Waals surface area contributed by atoms with Gasteiger partial charge >= 0.3 is 0 Å². The van der Waals surface area contributed by atoms with Crippen LogP contribution >= 0.6 is 15.9 Å². The van der Waals surface area contributed by atoms with Crippen molar-refractivity contribution in [2.45, 2.75) is 6.92 Å². The Labute approximate surface area is 124 Å². The van der Waals surface area contributed by atoms with Gasteiger partial charge in [0.15, 0.2) is 0 Å². The molecule has 0 atom stereocenters. The van der Waals surface area contributed by atoms with E-state index >= 15 is 0 Å². The van der Waals surface area contributed by atoms with Gasteiger partial charge in [-0.05, 0) is 52.7 Å². The third-order valence-corrected chi connectivity index (χ3v) is 3.46. The number of hydrogen-bond acceptors (Lipinski definition) is 2. The summed E-state index contributed by atoms with van der Waals surface area (Å²) < 4.78 is 19.3. The second-order valence-electron chi connectivity index (χ2n) is 4.25. The lowest BCUT2D eigenvalue weighted by atomic mass is 10.1. The molecule has 20 heavy (non-hydrogen) atoms. The number of aryl methyl sites for hydroxylation is 1. The molecule has 0 saturated heterocycles. The third kappa shape index (κ3) is 2.99. The Morgan fingerprint density at radius 3 is 2.70 bits per heavy atom. The summed E-state index contributed by atoms with van der Waals surface area (Å²) in [7, 11) is 1.52. The molecule has 5 heteroatoms. The molecule has 0 aliphatic heterocycles. The van der Waals surface area contributed by atoms with Crippen molar-refractivity contribution in [1.82, 2.24) is 0 Å². The highest BCUT2D eigenvalue weighted by Crippen LogP contribution is 2.27. The first-order chi connectivity index (χ1) is 9.52. The van der Waals surface area contributed by atoms with Gasteiger partial charge in [0.25, 0.3) is 5.91 Å². The molecule has 1 amide bonds. The summed E-state index contributed by atoms with van der Waals surface area (Å²) in [5.41, 5.74) is 1.47. The van der Waals surface area contributed by atoms with Crippen molar-refractivity contribution in [2.75, 3.05) is 12.4 Å². The number of hydrogen-bond donors (Lipinski definition) is 1. The number of ether oxygens (including phenoxy) is 1. The average Bonchev–Trinajstić information content (AvgIpc) is 2.40. The second kappa shape index (κ2) is 6.05. The minimum Gasteiger partial charge on any atom is -0.495 e. The zero-order valence-corrected chi connectivity index (χ0v) is 12.6. The van der Waals surface area contributed by atoms with Crippen LogP contribution in [0, 0.1) is 12.7 Å². The number of amides is 1. The van der Waals surface area contributed by atoms with Crippen LogP contribution in [0.5, 0.6) is 5.75 Å². The molecular formula is C15H13BrFNO2. The summed E-state index contributed by atoms with van der Waals surface area (Å²) in [6.07, 6.45) is 0. The van der Waals surface area contributed by atoms with Crippen LogP contribution in [0.15, 0.2) is 40.9 Å². The first-order valence-corrected chi connectivity index (χ1v) is 6.72. The van der Waals surface area contributed by atoms with Crippen molar-refractivity contribution in [3.8, 4) is 5.75 Å². The van der Waals surface area contributed by atoms with Gasteiger partial charge < -0.3 is 10.1 Å². The number of benzene rings is 2. The fourth-order valence-corrected chi connectivity index (χ4v) is 2.32. The second-order valence-corrected chi connectivity index (χ2v) is 5.11. The zero-order chi connectivity index (χ0) is 14.7. The van der Waals surface area contributed by atoms with Gasteiger partial charge in [0, 0.05) is 4.47 Å². The topological polar surface area (TPSA) is 38.3 Å². The Kier molecular flexibility index (Phi) is 4.39. The van der Waals surface area contributed by atoms with Gasteiger partial charge in [-0.25, -0.2) is 4.39 Å². The smallest absolute Gasteiger partial charge is 0.259 e. The molecule has 2 aromatic rings. The first-order valence-electron chi connectivity index (χ1n) is 5.93. The number of rotatable bonds is 3. The lowest BCUT2D eigenvalue weighted by Crippen LogP contribution is -2.15. The molecule has 1 N–H and O–H groups in total. The van der Waals surface area contributed by atoms with E-state index in [0.29, 0.717) is 15.9 Å². The van der Waals surface area contributed by atoms with E-state index in [9.17, 15) is 9.18 Å². The van der Waals surface area contributed by atoms with Crippen LogP contribution in [0.2, 0.25) is 0 Å². The fraction of sp³-hybridized carbons (Fsp3) is 0.133. The molecule has 0 aliphatic carbocycles. The van der Waals surface area contributed by atoms with E-state index in [0.717, 1.165) is 5.56 Å². The Morgan fingerprint density at radius 1 is 1.30 bits per heavy atom. The van der Waals surface area contributed by atoms with Crippen molar-refractivity contribution in [3.05, 3.63) is 57.8 Å². The van der Waals surface area contributed by atoms with Gasteiger partial charge in [-0.15, -0.1) is 0 Å². The van der Waals surface area contributed by atoms with E-state index in [2.05, 4.69) is 21.2 Å². The summed E-state index contributed by atoms with van der Waals surface area (Å²) in [4.78, 5) is 12.2. The van der Waals surface area contributed by atoms with Gasteiger partial charge in [0.2, 0.25) is 0 Å². The predicted molar refractivity (Wildman–Crippen MR) is 79.8 cm³/mol. The largest absolute Gasteiger partial charge is 0.495 e. The maximum absolute atomic E-state index is 13.7. The van der Waals surface area contributed by atoms with E-state index in [1.165, 1.54) is 19.2 Å². The lowest BCUT2D eigenvalue weighted by molar-refractivity contribution is 0.102. The van der Waals surface area contributed by atoms with Gasteiger partial charge in [-0.2, -0.15) is 0 Å². The fourth-order valence-electron chi connectivity index (χ4n) is 1.80. The molecule has 0 spiro atoms. The van der Waals surface area contributed by atoms with Crippen LogP contribution in [0.4, 0.5) is 10.1 Å². The molecule has 3 nitrogen and oxygen atoms in total. The SMILES string of the molecule is COc1cc(C)ccc1NC(=O)c1c(F)cccc1Br. The molecule has 0 aliphatic rings. The normalized spacial score (nSPS) is 10.2. The highest BCUT2D eigenvalue weighted by atomic mass is 79.9. The molecule has 0 heterocycles. The van der Waals surface area contributed by atoms with Crippen LogP contribution in [0.3, 0.4) is 0 Å². The molecule has 0 radical (unpaired) electrons. The molecule has 104 valence electrons. The van der Waals surface area contributed by atoms with Gasteiger partial charge in [-0.1, -0.05) is 12.1 Å². The van der Waals surface area contributed by atoms with Crippen molar-refractivity contribution in [2.24, 2.45) is 0 Å². The van der Waals surface area contributed by atoms with E-state index in [4.69, 9.17) is 4.74 Å². The number of nitrogens with one attached hydrogen (secondary N) is 1. The summed E-state index contributed by atoms with van der Waals surface area (Å²) >= 11 is 3.18. The lowest BCUT2D eigenvalue weighted by Gasteiger charge is -2.12. The van der Waals surface area contributed by atoms with Crippen LogP contribution in [0.1, 0.15) is 15.9 Å². The van der Waals surface area contributed by atoms with Gasteiger partial charge in [0.1, 0.15) is 11.6 Å². The van der Waals surface area contributed by atoms with Crippen molar-refractivity contribution >= 4 is 27.5 Å². The quantitative estimate of drug-likeness (QED) is 0.913. The van der Waals surface area contributed by atoms with E-state index in [1.807, 2.05) is 13.0 Å². The van der Waals surface area contributed by atoms with Gasteiger partial charge in [-0.3, -0.25) is 4.79 Å². The van der Waals surface area contributed by atoms with E-state index in [1.54, 1.807) is 18.2 Å². The van der Waals surface area contributed by atoms with E-state index in [-0.39, 0.29) is 5.56 Å². The van der Waals surface area contributed by atoms with Crippen molar-refractivity contribution in [1.29, 1.82) is 0 Å². The standard InChI is InChI=1S/C15H13BrFNO2/c1-9-6-7-12(13(8-9)20-2)18-15(19)14-10(16)4-3-5-11(14)17/h3-8H,1-2H3,(H,18,19). The summed E-state index contributed by atoms with van der Waals surface area (Å²) in [5, 5.41) is 2.65. The average molecular weight is 338 g/mol. The summed E-state index contributed by atoms with van der Waals surface area (Å²) in [5.74, 6) is -0.578. The summed E-state index contributed by atoms with van der Waals surface area (Å²) in [6.45, 7) is 1.92. The molecule has 0 saturated carbocycles. The van der Waals surface area contributed by atoms with Crippen LogP contribution in [-0.2, 0) is 0 Å². The Balaban J connectivity index is 2.33. The van der Waals surface area contributed by atoms with Crippen LogP contribution in [-0.4, -0.2) is 13.0 Å². The Hall–Kier alpha value is -1.88. The van der Waals surface area contributed by atoms with E-state index < -0.39 is 11.7 Å². The minimum absolute atomic E-state index is 0.0323. The Morgan fingerprint density at radius 2 is 2.05 bits per heavy atom. The zero-order valence-electron chi connectivity index (χ0n) is 11.0. The van der Waals surface area contributed by atoms with Crippen molar-refractivity contribution < 1.29 is 13.9 Å². The molecule has 0 aromatic heterocycles. The molecule has 0 bridgehead atoms.